The minimum Gasteiger partial charge on any atom is -0.476 e. The Morgan fingerprint density at radius 2 is 1.90 bits per heavy atom. The number of hydrogen-bond acceptors (Lipinski definition) is 5. The predicted molar refractivity (Wildman–Crippen MR) is 111 cm³/mol. The quantitative estimate of drug-likeness (QED) is 0.433. The van der Waals surface area contributed by atoms with E-state index in [0.717, 1.165) is 15.5 Å². The third kappa shape index (κ3) is 3.79. The molecule has 2 heterocycles. The Morgan fingerprint density at radius 3 is 2.55 bits per heavy atom. The average Bonchev–Trinajstić information content (AvgIpc) is 3.34. The fraction of sp³-hybridized carbons (Fsp3) is 0.0952. The molecule has 8 heteroatoms. The van der Waals surface area contributed by atoms with Crippen LogP contribution in [0.4, 0.5) is 0 Å². The van der Waals surface area contributed by atoms with Gasteiger partial charge in [0.1, 0.15) is 5.69 Å². The van der Waals surface area contributed by atoms with Crippen molar-refractivity contribution in [1.82, 2.24) is 14.9 Å². The van der Waals surface area contributed by atoms with Gasteiger partial charge in [0.25, 0.3) is 0 Å². The Hall–Kier alpha value is -3.03. The van der Waals surface area contributed by atoms with Gasteiger partial charge in [0, 0.05) is 15.5 Å². The molecule has 2 aromatic heterocycles. The molecule has 4 aromatic rings. The molecular weight excluding hydrogens is 410 g/mol. The zero-order chi connectivity index (χ0) is 20.4. The van der Waals surface area contributed by atoms with Crippen molar-refractivity contribution in [2.45, 2.75) is 23.1 Å². The second kappa shape index (κ2) is 8.14. The van der Waals surface area contributed by atoms with Crippen molar-refractivity contribution in [2.75, 3.05) is 0 Å². The molecule has 0 amide bonds. The van der Waals surface area contributed by atoms with Crippen molar-refractivity contribution in [1.29, 1.82) is 0 Å². The Labute approximate surface area is 176 Å². The van der Waals surface area contributed by atoms with Gasteiger partial charge in [0.15, 0.2) is 11.5 Å². The molecule has 0 aliphatic carbocycles. The molecule has 0 atom stereocenters. The number of carbonyl (C=O) groups is 1. The fourth-order valence-electron chi connectivity index (χ4n) is 3.00. The molecule has 0 aliphatic rings. The van der Waals surface area contributed by atoms with Crippen molar-refractivity contribution in [3.05, 3.63) is 77.1 Å². The van der Waals surface area contributed by atoms with Gasteiger partial charge in [-0.3, -0.25) is 0 Å². The highest BCUT2D eigenvalue weighted by atomic mass is 35.5. The van der Waals surface area contributed by atoms with Crippen molar-refractivity contribution < 1.29 is 14.4 Å². The van der Waals surface area contributed by atoms with Crippen LogP contribution in [0.15, 0.2) is 75.1 Å². The lowest BCUT2D eigenvalue weighted by atomic mass is 10.1. The van der Waals surface area contributed by atoms with Crippen LogP contribution in [-0.4, -0.2) is 26.0 Å². The normalized spacial score (nSPS) is 11.0. The summed E-state index contributed by atoms with van der Waals surface area (Å²) in [6, 6.07) is 17.1. The van der Waals surface area contributed by atoms with E-state index in [4.69, 9.17) is 16.1 Å². The number of carboxylic acid groups (broad SMARTS) is 1. The first-order valence-electron chi connectivity index (χ1n) is 8.87. The fourth-order valence-corrected chi connectivity index (χ4v) is 4.03. The van der Waals surface area contributed by atoms with Crippen LogP contribution >= 0.6 is 23.4 Å². The molecule has 1 N–H and O–H groups in total. The maximum Gasteiger partial charge on any atom is 0.358 e. The average molecular weight is 426 g/mol. The molecule has 146 valence electrons. The summed E-state index contributed by atoms with van der Waals surface area (Å²) >= 11 is 7.49. The van der Waals surface area contributed by atoms with Crippen LogP contribution in [0.25, 0.3) is 17.1 Å². The number of aromatic carboxylic acids is 1. The number of para-hydroxylation sites is 1. The van der Waals surface area contributed by atoms with E-state index in [2.05, 4.69) is 10.3 Å². The van der Waals surface area contributed by atoms with E-state index in [1.165, 1.54) is 11.8 Å². The molecule has 29 heavy (non-hydrogen) atoms. The highest BCUT2D eigenvalue weighted by Gasteiger charge is 2.27. The number of carboxylic acids is 1. The number of hydrogen-bond donors (Lipinski definition) is 1. The second-order valence-electron chi connectivity index (χ2n) is 6.16. The van der Waals surface area contributed by atoms with Crippen LogP contribution < -0.4 is 0 Å². The summed E-state index contributed by atoms with van der Waals surface area (Å²) in [5.41, 5.74) is 1.95. The van der Waals surface area contributed by atoms with E-state index in [1.54, 1.807) is 10.9 Å². The molecule has 4 rings (SSSR count). The van der Waals surface area contributed by atoms with E-state index in [0.29, 0.717) is 28.5 Å². The van der Waals surface area contributed by atoms with Crippen LogP contribution in [0, 0.1) is 0 Å². The van der Waals surface area contributed by atoms with E-state index < -0.39 is 5.97 Å². The molecule has 6 nitrogen and oxygen atoms in total. The van der Waals surface area contributed by atoms with Gasteiger partial charge in [0.05, 0.1) is 16.8 Å². The number of benzene rings is 2. The lowest BCUT2D eigenvalue weighted by Gasteiger charge is -2.09. The maximum absolute atomic E-state index is 11.6. The molecular formula is C21H16ClN3O3S. The summed E-state index contributed by atoms with van der Waals surface area (Å²) in [6.07, 6.45) is 2.20. The monoisotopic (exact) mass is 425 g/mol. The number of rotatable bonds is 6. The maximum atomic E-state index is 11.6. The van der Waals surface area contributed by atoms with E-state index in [1.807, 2.05) is 61.5 Å². The van der Waals surface area contributed by atoms with Crippen molar-refractivity contribution in [2.24, 2.45) is 0 Å². The van der Waals surface area contributed by atoms with E-state index in [9.17, 15) is 9.90 Å². The molecule has 2 aromatic carbocycles. The Bertz CT molecular complexity index is 1150. The third-order valence-electron chi connectivity index (χ3n) is 4.34. The first-order valence-corrected chi connectivity index (χ1v) is 10.1. The first kappa shape index (κ1) is 19.3. The second-order valence-corrected chi connectivity index (χ2v) is 7.71. The molecule has 0 aliphatic heterocycles. The summed E-state index contributed by atoms with van der Waals surface area (Å²) < 4.78 is 7.27. The lowest BCUT2D eigenvalue weighted by Crippen LogP contribution is -2.03. The molecule has 0 saturated carbocycles. The van der Waals surface area contributed by atoms with Gasteiger partial charge in [0.2, 0.25) is 0 Å². The lowest BCUT2D eigenvalue weighted by molar-refractivity contribution is 0.0685. The summed E-state index contributed by atoms with van der Waals surface area (Å²) in [7, 11) is 0. The van der Waals surface area contributed by atoms with Gasteiger partial charge in [-0.05, 0) is 42.8 Å². The molecule has 0 bridgehead atoms. The smallest absolute Gasteiger partial charge is 0.358 e. The SMILES string of the molecule is CCc1c(C(=O)O)noc1-c1c(Sc2ccc(Cl)cc2)cnn1-c1ccccc1. The van der Waals surface area contributed by atoms with Gasteiger partial charge >= 0.3 is 5.97 Å². The van der Waals surface area contributed by atoms with Crippen molar-refractivity contribution >= 4 is 29.3 Å². The summed E-state index contributed by atoms with van der Waals surface area (Å²) in [6.45, 7) is 1.87. The standard InChI is InChI=1S/C21H16ClN3O3S/c1-2-16-18(21(26)27)24-28-20(16)19-17(29-15-10-8-13(22)9-11-15)12-23-25(19)14-6-4-3-5-7-14/h3-12H,2H2,1H3,(H,26,27). The summed E-state index contributed by atoms with van der Waals surface area (Å²) in [5.74, 6) is -0.711. The zero-order valence-corrected chi connectivity index (χ0v) is 16.9. The Morgan fingerprint density at radius 1 is 1.17 bits per heavy atom. The molecule has 0 unspecified atom stereocenters. The van der Waals surface area contributed by atoms with Crippen molar-refractivity contribution in [3.63, 3.8) is 0 Å². The van der Waals surface area contributed by atoms with Crippen LogP contribution in [0.2, 0.25) is 5.02 Å². The van der Waals surface area contributed by atoms with Crippen molar-refractivity contribution in [3.8, 4) is 17.1 Å². The van der Waals surface area contributed by atoms with E-state index >= 15 is 0 Å². The van der Waals surface area contributed by atoms with Crippen LogP contribution in [-0.2, 0) is 6.42 Å². The topological polar surface area (TPSA) is 81.2 Å². The molecule has 0 fully saturated rings. The first-order chi connectivity index (χ1) is 14.1. The van der Waals surface area contributed by atoms with Crippen LogP contribution in [0.1, 0.15) is 23.0 Å². The van der Waals surface area contributed by atoms with E-state index in [-0.39, 0.29) is 5.69 Å². The number of halogens is 1. The van der Waals surface area contributed by atoms with Gasteiger partial charge in [-0.1, -0.05) is 53.6 Å². The van der Waals surface area contributed by atoms with Crippen LogP contribution in [0.3, 0.4) is 0 Å². The minimum atomic E-state index is -1.12. The summed E-state index contributed by atoms with van der Waals surface area (Å²) in [4.78, 5) is 13.4. The molecule has 0 radical (unpaired) electrons. The van der Waals surface area contributed by atoms with Gasteiger partial charge in [-0.2, -0.15) is 5.10 Å². The predicted octanol–water partition coefficient (Wildman–Crippen LogP) is 5.59. The molecule has 0 spiro atoms. The number of aromatic nitrogens is 3. The highest BCUT2D eigenvalue weighted by Crippen LogP contribution is 2.39. The molecule has 0 saturated heterocycles. The third-order valence-corrected chi connectivity index (χ3v) is 5.62. The van der Waals surface area contributed by atoms with Gasteiger partial charge in [-0.15, -0.1) is 0 Å². The Kier molecular flexibility index (Phi) is 5.42. The largest absolute Gasteiger partial charge is 0.476 e. The summed E-state index contributed by atoms with van der Waals surface area (Å²) in [5, 5.41) is 18.5. The van der Waals surface area contributed by atoms with Gasteiger partial charge < -0.3 is 9.63 Å². The Balaban J connectivity index is 1.89. The van der Waals surface area contributed by atoms with Gasteiger partial charge in [-0.25, -0.2) is 9.48 Å². The highest BCUT2D eigenvalue weighted by molar-refractivity contribution is 7.99. The minimum absolute atomic E-state index is 0.0780. The number of nitrogens with zero attached hydrogens (tertiary/aromatic N) is 3. The zero-order valence-electron chi connectivity index (χ0n) is 15.4. The van der Waals surface area contributed by atoms with Crippen LogP contribution in [0.5, 0.6) is 0 Å².